The van der Waals surface area contributed by atoms with E-state index in [-0.39, 0.29) is 37.9 Å². The Kier molecular flexibility index (Phi) is 8.18. The van der Waals surface area contributed by atoms with Crippen LogP contribution in [0.15, 0.2) is 84.5 Å². The smallest absolute Gasteiger partial charge is 0.256 e. The number of amides is 1. The van der Waals surface area contributed by atoms with Crippen LogP contribution in [0.2, 0.25) is 0 Å². The number of carbonyl (C=O) groups excluding carboxylic acids is 1. The van der Waals surface area contributed by atoms with Crippen LogP contribution in [0, 0.1) is 11.2 Å². The number of halogens is 1. The predicted octanol–water partition coefficient (Wildman–Crippen LogP) is 6.86. The van der Waals surface area contributed by atoms with E-state index in [0.717, 1.165) is 18.4 Å². The number of likely N-dealkylation sites (tertiary alicyclic amines) is 1. The maximum Gasteiger partial charge on any atom is 0.256 e. The maximum absolute atomic E-state index is 13.6. The van der Waals surface area contributed by atoms with Gasteiger partial charge in [0.15, 0.2) is 0 Å². The molecule has 1 fully saturated rings. The van der Waals surface area contributed by atoms with Crippen molar-refractivity contribution in [1.82, 2.24) is 19.9 Å². The first kappa shape index (κ1) is 26.9. The zero-order chi connectivity index (χ0) is 23.7. The van der Waals surface area contributed by atoms with Crippen LogP contribution < -0.4 is 0 Å². The Morgan fingerprint density at radius 3 is 2.42 bits per heavy atom. The number of hydrogen-bond acceptors (Lipinski definition) is 4. The zero-order valence-corrected chi connectivity index (χ0v) is 19.4. The van der Waals surface area contributed by atoms with Gasteiger partial charge in [0.05, 0.1) is 11.3 Å². The van der Waals surface area contributed by atoms with Crippen molar-refractivity contribution < 1.29 is 9.18 Å². The first-order valence-corrected chi connectivity index (χ1v) is 11.6. The van der Waals surface area contributed by atoms with Crippen molar-refractivity contribution in [3.8, 4) is 11.4 Å². The summed E-state index contributed by atoms with van der Waals surface area (Å²) in [6.45, 7) is 5.55. The number of hydrogen-bond donors (Lipinski definition) is 0. The van der Waals surface area contributed by atoms with Crippen molar-refractivity contribution in [2.45, 2.75) is 47.5 Å². The predicted molar refractivity (Wildman–Crippen MR) is 143 cm³/mol. The second kappa shape index (κ2) is 10.9. The van der Waals surface area contributed by atoms with Gasteiger partial charge in [0.2, 0.25) is 0 Å². The number of nitrogens with zero attached hydrogens (tertiary/aromatic N) is 4. The minimum atomic E-state index is -0.223. The lowest BCUT2D eigenvalue weighted by atomic mass is 9.64. The van der Waals surface area contributed by atoms with Gasteiger partial charge in [-0.25, -0.2) is 14.4 Å². The SMILES string of the molecule is C.C.C/C=C1/C=C(C)C2(CCN(C(=O)c3cccnc3-c3ccncn3)CC2)[C@@H]1c1ccc(F)cc1. The fraction of sp³-hybridized carbons (Fsp3) is 0.333. The molecule has 5 nitrogen and oxygen atoms in total. The lowest BCUT2D eigenvalue weighted by Crippen LogP contribution is -2.45. The second-order valence-electron chi connectivity index (χ2n) is 9.04. The van der Waals surface area contributed by atoms with E-state index in [2.05, 4.69) is 41.0 Å². The highest BCUT2D eigenvalue weighted by Gasteiger charge is 2.48. The number of benzene rings is 1. The van der Waals surface area contributed by atoms with Gasteiger partial charge in [-0.1, -0.05) is 44.7 Å². The zero-order valence-electron chi connectivity index (χ0n) is 19.4. The van der Waals surface area contributed by atoms with E-state index < -0.39 is 0 Å². The van der Waals surface area contributed by atoms with Gasteiger partial charge in [0.25, 0.3) is 5.91 Å². The summed E-state index contributed by atoms with van der Waals surface area (Å²) in [6, 6.07) is 12.3. The lowest BCUT2D eigenvalue weighted by molar-refractivity contribution is 0.0616. The average molecular weight is 487 g/mol. The molecule has 1 saturated heterocycles. The molecule has 1 aromatic carbocycles. The summed E-state index contributed by atoms with van der Waals surface area (Å²) in [7, 11) is 0. The standard InChI is InChI=1S/C28H27FN4O.2CH4/c1-3-20-17-19(2)28(25(20)21-6-8-22(29)9-7-21)11-15-33(16-12-28)27(34)23-5-4-13-31-26(23)24-10-14-30-18-32-24;;/h3-10,13-14,17-18,25H,11-12,15-16H2,1-2H3;2*1H4/b20-3-;;/t25-;;/m0../s1. The van der Waals surface area contributed by atoms with Gasteiger partial charge in [0, 0.05) is 36.8 Å². The molecule has 36 heavy (non-hydrogen) atoms. The molecule has 1 atom stereocenters. The number of aromatic nitrogens is 3. The normalized spacial score (nSPS) is 19.4. The molecule has 0 N–H and O–H groups in total. The molecule has 0 radical (unpaired) electrons. The third-order valence-corrected chi connectivity index (χ3v) is 7.40. The molecule has 1 amide bonds. The highest BCUT2D eigenvalue weighted by molar-refractivity contribution is 5.99. The third-order valence-electron chi connectivity index (χ3n) is 7.40. The molecule has 3 aromatic rings. The molecule has 1 aliphatic heterocycles. The molecule has 0 bridgehead atoms. The van der Waals surface area contributed by atoms with E-state index in [9.17, 15) is 9.18 Å². The quantitative estimate of drug-likeness (QED) is 0.406. The molecule has 1 spiro atoms. The number of pyridine rings is 1. The number of rotatable bonds is 3. The van der Waals surface area contributed by atoms with Crippen LogP contribution in [-0.2, 0) is 0 Å². The van der Waals surface area contributed by atoms with E-state index >= 15 is 0 Å². The number of piperidine rings is 1. The molecule has 0 unspecified atom stereocenters. The van der Waals surface area contributed by atoms with E-state index in [1.54, 1.807) is 36.7 Å². The van der Waals surface area contributed by atoms with Crippen molar-refractivity contribution >= 4 is 5.91 Å². The molecule has 6 heteroatoms. The summed E-state index contributed by atoms with van der Waals surface area (Å²) in [5, 5.41) is 0. The first-order chi connectivity index (χ1) is 16.5. The average Bonchev–Trinajstić information content (AvgIpc) is 3.16. The van der Waals surface area contributed by atoms with Crippen LogP contribution in [0.5, 0.6) is 0 Å². The molecular formula is C30H35FN4O. The van der Waals surface area contributed by atoms with Crippen molar-refractivity contribution in [3.05, 3.63) is 101 Å². The minimum absolute atomic E-state index is 0. The Bertz CT molecular complexity index is 1260. The molecule has 3 heterocycles. The topological polar surface area (TPSA) is 59.0 Å². The summed E-state index contributed by atoms with van der Waals surface area (Å²) < 4.78 is 13.6. The monoisotopic (exact) mass is 486 g/mol. The van der Waals surface area contributed by atoms with Crippen LogP contribution in [0.25, 0.3) is 11.4 Å². The molecule has 2 aromatic heterocycles. The highest BCUT2D eigenvalue weighted by Crippen LogP contribution is 2.57. The van der Waals surface area contributed by atoms with Gasteiger partial charge in [-0.2, -0.15) is 0 Å². The minimum Gasteiger partial charge on any atom is -0.339 e. The van der Waals surface area contributed by atoms with Crippen molar-refractivity contribution in [3.63, 3.8) is 0 Å². The lowest BCUT2D eigenvalue weighted by Gasteiger charge is -2.45. The largest absolute Gasteiger partial charge is 0.339 e. The van der Waals surface area contributed by atoms with Crippen LogP contribution >= 0.6 is 0 Å². The fourth-order valence-electron chi connectivity index (χ4n) is 5.62. The summed E-state index contributed by atoms with van der Waals surface area (Å²) >= 11 is 0. The van der Waals surface area contributed by atoms with Gasteiger partial charge >= 0.3 is 0 Å². The maximum atomic E-state index is 13.6. The summed E-state index contributed by atoms with van der Waals surface area (Å²) in [4.78, 5) is 28.2. The number of allylic oxidation sites excluding steroid dienone is 4. The Labute approximate surface area is 213 Å². The van der Waals surface area contributed by atoms with Gasteiger partial charge in [-0.05, 0) is 68.2 Å². The molecule has 1 aliphatic carbocycles. The molecule has 0 saturated carbocycles. The van der Waals surface area contributed by atoms with Crippen LogP contribution in [0.3, 0.4) is 0 Å². The van der Waals surface area contributed by atoms with Crippen molar-refractivity contribution in [2.24, 2.45) is 5.41 Å². The number of carbonyl (C=O) groups is 1. The molecule has 2 aliphatic rings. The molecule has 188 valence electrons. The van der Waals surface area contributed by atoms with Gasteiger partial charge in [-0.15, -0.1) is 0 Å². The second-order valence-corrected chi connectivity index (χ2v) is 9.04. The Morgan fingerprint density at radius 2 is 1.78 bits per heavy atom. The van der Waals surface area contributed by atoms with Crippen molar-refractivity contribution in [1.29, 1.82) is 0 Å². The van der Waals surface area contributed by atoms with E-state index in [0.29, 0.717) is 30.0 Å². The Morgan fingerprint density at radius 1 is 1.06 bits per heavy atom. The van der Waals surface area contributed by atoms with Crippen LogP contribution in [0.4, 0.5) is 4.39 Å². The van der Waals surface area contributed by atoms with Crippen LogP contribution in [-0.4, -0.2) is 38.8 Å². The summed E-state index contributed by atoms with van der Waals surface area (Å²) in [5.41, 5.74) is 5.43. The summed E-state index contributed by atoms with van der Waals surface area (Å²) in [5.74, 6) is -0.0787. The highest BCUT2D eigenvalue weighted by atomic mass is 19.1. The molecular weight excluding hydrogens is 451 g/mol. The van der Waals surface area contributed by atoms with Crippen molar-refractivity contribution in [2.75, 3.05) is 13.1 Å². The third kappa shape index (κ3) is 4.60. The summed E-state index contributed by atoms with van der Waals surface area (Å²) in [6.07, 6.45) is 10.9. The van der Waals surface area contributed by atoms with Gasteiger partial charge in [0.1, 0.15) is 17.8 Å². The molecule has 5 rings (SSSR count). The van der Waals surface area contributed by atoms with Gasteiger partial charge < -0.3 is 4.90 Å². The Hall–Kier alpha value is -3.67. The van der Waals surface area contributed by atoms with E-state index in [1.165, 1.54) is 17.5 Å². The van der Waals surface area contributed by atoms with Gasteiger partial charge in [-0.3, -0.25) is 9.78 Å². The van der Waals surface area contributed by atoms with E-state index in [4.69, 9.17) is 0 Å². The Balaban J connectivity index is 0.00000180. The van der Waals surface area contributed by atoms with Crippen LogP contribution in [0.1, 0.15) is 63.4 Å². The first-order valence-electron chi connectivity index (χ1n) is 11.6. The fourth-order valence-corrected chi connectivity index (χ4v) is 5.62. The van der Waals surface area contributed by atoms with E-state index in [1.807, 2.05) is 23.1 Å².